The normalized spacial score (nSPS) is 22.1. The maximum Gasteiger partial charge on any atom is 0.416 e. The second-order valence-electron chi connectivity index (χ2n) is 11.1. The first-order valence-corrected chi connectivity index (χ1v) is 14.2. The number of aromatic hydroxyl groups is 1. The molecule has 2 aromatic rings. The zero-order chi connectivity index (χ0) is 32.7. The second-order valence-corrected chi connectivity index (χ2v) is 11.5. The second kappa shape index (κ2) is 12.6. The van der Waals surface area contributed by atoms with E-state index in [0.717, 1.165) is 5.57 Å². The van der Waals surface area contributed by atoms with Gasteiger partial charge >= 0.3 is 12.4 Å². The van der Waals surface area contributed by atoms with Crippen LogP contribution in [0.5, 0.6) is 5.75 Å². The number of rotatable bonds is 8. The highest BCUT2D eigenvalue weighted by Gasteiger charge is 2.55. The van der Waals surface area contributed by atoms with Gasteiger partial charge in [-0.05, 0) is 80.1 Å². The minimum Gasteiger partial charge on any atom is -0.508 e. The molecule has 44 heavy (non-hydrogen) atoms. The van der Waals surface area contributed by atoms with Crippen LogP contribution >= 0.6 is 11.6 Å². The van der Waals surface area contributed by atoms with E-state index < -0.39 is 71.4 Å². The predicted molar refractivity (Wildman–Crippen MR) is 150 cm³/mol. The molecule has 6 nitrogen and oxygen atoms in total. The summed E-state index contributed by atoms with van der Waals surface area (Å²) >= 11 is 6.16. The first kappa shape index (κ1) is 33.5. The average Bonchev–Trinajstić information content (AvgIpc) is 3.19. The number of benzene rings is 2. The number of imide groups is 1. The molecule has 0 spiro atoms. The third kappa shape index (κ3) is 6.67. The first-order chi connectivity index (χ1) is 20.5. The van der Waals surface area contributed by atoms with Gasteiger partial charge in [0.25, 0.3) is 0 Å². The van der Waals surface area contributed by atoms with E-state index >= 15 is 0 Å². The van der Waals surface area contributed by atoms with Crippen LogP contribution in [0.3, 0.4) is 0 Å². The molecule has 1 fully saturated rings. The molecule has 1 aliphatic carbocycles. The molecule has 13 heteroatoms. The van der Waals surface area contributed by atoms with E-state index in [-0.39, 0.29) is 24.7 Å². The maximum absolute atomic E-state index is 13.6. The van der Waals surface area contributed by atoms with Gasteiger partial charge in [0, 0.05) is 5.92 Å². The highest BCUT2D eigenvalue weighted by atomic mass is 35.5. The SMILES string of the molecule is CCC1=C([C@H](O)CC/C(C)=C/c2ccc(O)cc2Cl)[C@H](CO)[C@@H]2C(=O)N(c3cc(C(F)(F)F)cc(C(F)(F)F)c3)C(=O)[C@@H]2C1. The maximum atomic E-state index is 13.6. The fourth-order valence-corrected chi connectivity index (χ4v) is 6.34. The van der Waals surface area contributed by atoms with E-state index in [4.69, 9.17) is 11.6 Å². The molecular formula is C31H30ClF6NO5. The van der Waals surface area contributed by atoms with Crippen molar-refractivity contribution in [1.82, 2.24) is 0 Å². The lowest BCUT2D eigenvalue weighted by Gasteiger charge is -2.36. The van der Waals surface area contributed by atoms with Crippen molar-refractivity contribution in [1.29, 1.82) is 0 Å². The molecule has 3 N–H and O–H groups in total. The first-order valence-electron chi connectivity index (χ1n) is 13.8. The van der Waals surface area contributed by atoms with E-state index in [1.165, 1.54) is 12.1 Å². The van der Waals surface area contributed by atoms with Gasteiger partial charge in [-0.3, -0.25) is 9.59 Å². The molecule has 1 aliphatic heterocycles. The summed E-state index contributed by atoms with van der Waals surface area (Å²) < 4.78 is 81.1. The summed E-state index contributed by atoms with van der Waals surface area (Å²) in [6, 6.07) is 5.04. The van der Waals surface area contributed by atoms with Gasteiger partial charge in [-0.1, -0.05) is 35.7 Å². The van der Waals surface area contributed by atoms with Crippen LogP contribution in [0.1, 0.15) is 56.2 Å². The molecule has 1 saturated heterocycles. The Bertz CT molecular complexity index is 1480. The molecule has 238 valence electrons. The van der Waals surface area contributed by atoms with Gasteiger partial charge in [0.15, 0.2) is 0 Å². The number of hydrogen-bond acceptors (Lipinski definition) is 5. The summed E-state index contributed by atoms with van der Waals surface area (Å²) in [5.41, 5.74) is -1.82. The number of anilines is 1. The third-order valence-electron chi connectivity index (χ3n) is 8.20. The summed E-state index contributed by atoms with van der Waals surface area (Å²) in [6.07, 6.45) is -8.97. The number of aliphatic hydroxyl groups is 2. The number of allylic oxidation sites excluding steroid dienone is 2. The van der Waals surface area contributed by atoms with Crippen molar-refractivity contribution in [3.63, 3.8) is 0 Å². The van der Waals surface area contributed by atoms with Crippen LogP contribution in [0.2, 0.25) is 5.02 Å². The highest BCUT2D eigenvalue weighted by Crippen LogP contribution is 2.49. The van der Waals surface area contributed by atoms with Crippen molar-refractivity contribution >= 4 is 35.2 Å². The van der Waals surface area contributed by atoms with Crippen LogP contribution in [0.15, 0.2) is 53.1 Å². The van der Waals surface area contributed by atoms with Crippen LogP contribution in [-0.2, 0) is 21.9 Å². The van der Waals surface area contributed by atoms with Gasteiger partial charge in [-0.2, -0.15) is 26.3 Å². The van der Waals surface area contributed by atoms with Gasteiger partial charge in [0.2, 0.25) is 11.8 Å². The van der Waals surface area contributed by atoms with E-state index in [9.17, 15) is 51.3 Å². The van der Waals surface area contributed by atoms with E-state index in [0.29, 0.717) is 51.6 Å². The Labute approximate surface area is 254 Å². The molecule has 1 heterocycles. The molecule has 0 radical (unpaired) electrons. The smallest absolute Gasteiger partial charge is 0.416 e. The minimum atomic E-state index is -5.18. The Hall–Kier alpha value is -3.35. The van der Waals surface area contributed by atoms with Crippen LogP contribution in [0.25, 0.3) is 6.08 Å². The highest BCUT2D eigenvalue weighted by molar-refractivity contribution is 6.32. The Morgan fingerprint density at radius 3 is 2.18 bits per heavy atom. The molecule has 0 saturated carbocycles. The molecule has 2 aliphatic rings. The fourth-order valence-electron chi connectivity index (χ4n) is 6.11. The summed E-state index contributed by atoms with van der Waals surface area (Å²) in [5, 5.41) is 31.5. The number of alkyl halides is 6. The average molecular weight is 646 g/mol. The number of phenols is 1. The lowest BCUT2D eigenvalue weighted by Crippen LogP contribution is -2.39. The Morgan fingerprint density at radius 2 is 1.66 bits per heavy atom. The number of nitrogens with zero attached hydrogens (tertiary/aromatic N) is 1. The van der Waals surface area contributed by atoms with Gasteiger partial charge < -0.3 is 15.3 Å². The summed E-state index contributed by atoms with van der Waals surface area (Å²) in [7, 11) is 0. The Balaban J connectivity index is 1.64. The molecular weight excluding hydrogens is 616 g/mol. The molecule has 0 bridgehead atoms. The molecule has 0 aromatic heterocycles. The topological polar surface area (TPSA) is 98.1 Å². The molecule has 0 unspecified atom stereocenters. The molecule has 4 rings (SSSR count). The van der Waals surface area contributed by atoms with E-state index in [1.54, 1.807) is 26.0 Å². The monoisotopic (exact) mass is 645 g/mol. The largest absolute Gasteiger partial charge is 0.508 e. The van der Waals surface area contributed by atoms with Crippen molar-refractivity contribution in [2.24, 2.45) is 17.8 Å². The van der Waals surface area contributed by atoms with E-state index in [2.05, 4.69) is 0 Å². The van der Waals surface area contributed by atoms with Crippen molar-refractivity contribution in [2.45, 2.75) is 58.0 Å². The van der Waals surface area contributed by atoms with Gasteiger partial charge in [0.1, 0.15) is 5.75 Å². The molecule has 4 atom stereocenters. The molecule has 2 amide bonds. The van der Waals surface area contributed by atoms with Crippen molar-refractivity contribution in [2.75, 3.05) is 11.5 Å². The number of aliphatic hydroxyl groups excluding tert-OH is 2. The fraction of sp³-hybridized carbons (Fsp3) is 0.419. The van der Waals surface area contributed by atoms with Crippen LogP contribution in [0.4, 0.5) is 32.0 Å². The van der Waals surface area contributed by atoms with Crippen molar-refractivity contribution < 1.29 is 51.3 Å². The van der Waals surface area contributed by atoms with Crippen molar-refractivity contribution in [3.8, 4) is 5.75 Å². The number of hydrogen-bond donors (Lipinski definition) is 3. The quantitative estimate of drug-likeness (QED) is 0.161. The Kier molecular flexibility index (Phi) is 9.58. The van der Waals surface area contributed by atoms with E-state index in [1.807, 2.05) is 0 Å². The summed E-state index contributed by atoms with van der Waals surface area (Å²) in [6.45, 7) is 2.86. The van der Waals surface area contributed by atoms with Crippen molar-refractivity contribution in [3.05, 3.63) is 74.8 Å². The van der Waals surface area contributed by atoms with Crippen LogP contribution < -0.4 is 4.90 Å². The minimum absolute atomic E-state index is 0.00254. The van der Waals surface area contributed by atoms with Crippen LogP contribution in [0, 0.1) is 17.8 Å². The lowest BCUT2D eigenvalue weighted by atomic mass is 9.67. The van der Waals surface area contributed by atoms with Gasteiger partial charge in [-0.25, -0.2) is 4.90 Å². The van der Waals surface area contributed by atoms with Gasteiger partial charge in [0.05, 0.1) is 46.4 Å². The standard InChI is InChI=1S/C31H30ClF6NO5/c1-3-16-9-22-27(23(14-40)26(16)25(42)7-4-15(2)8-17-5-6-21(41)13-24(17)32)29(44)39(28(22)43)20-11-18(30(33,34)35)10-19(12-20)31(36,37)38/h5-6,8,10-13,22-23,25,27,40-42H,3-4,7,9,14H2,1-2H3/b15-8+/t22-,23+,25-,27-/m1/s1. The summed E-state index contributed by atoms with van der Waals surface area (Å²) in [4.78, 5) is 27.4. The molecule has 2 aromatic carbocycles. The number of carbonyl (C=O) groups is 2. The predicted octanol–water partition coefficient (Wildman–Crippen LogP) is 7.15. The number of carbonyl (C=O) groups excluding carboxylic acids is 2. The Morgan fingerprint density at radius 1 is 1.05 bits per heavy atom. The van der Waals surface area contributed by atoms with Gasteiger partial charge in [-0.15, -0.1) is 0 Å². The van der Waals surface area contributed by atoms with Crippen LogP contribution in [-0.4, -0.2) is 39.8 Å². The summed E-state index contributed by atoms with van der Waals surface area (Å²) in [5.74, 6) is -5.50. The number of amides is 2. The number of halogens is 7. The number of fused-ring (bicyclic) bond motifs is 1. The lowest BCUT2D eigenvalue weighted by molar-refractivity contribution is -0.143. The third-order valence-corrected chi connectivity index (χ3v) is 8.52. The zero-order valence-corrected chi connectivity index (χ0v) is 24.4. The number of phenolic OH excluding ortho intramolecular Hbond substituents is 1. The zero-order valence-electron chi connectivity index (χ0n) is 23.6.